The molecule has 1 heterocycles. The van der Waals surface area contributed by atoms with Crippen LogP contribution in [0.4, 0.5) is 0 Å². The molecule has 4 rings (SSSR count). The zero-order valence-electron chi connectivity index (χ0n) is 14.5. The summed E-state index contributed by atoms with van der Waals surface area (Å²) in [6.45, 7) is 2.33. The lowest BCUT2D eigenvalue weighted by atomic mass is 9.85. The number of hydrogen-bond donors (Lipinski definition) is 0. The second-order valence-electron chi connectivity index (χ2n) is 6.69. The van der Waals surface area contributed by atoms with E-state index in [0.29, 0.717) is 23.7 Å². The molecule has 0 N–H and O–H groups in total. The van der Waals surface area contributed by atoms with Gasteiger partial charge in [-0.05, 0) is 37.3 Å². The van der Waals surface area contributed by atoms with E-state index < -0.39 is 0 Å². The smallest absolute Gasteiger partial charge is 0.254 e. The van der Waals surface area contributed by atoms with Gasteiger partial charge in [0, 0.05) is 10.0 Å². The van der Waals surface area contributed by atoms with Gasteiger partial charge in [-0.15, -0.1) is 0 Å². The molecule has 0 spiro atoms. The van der Waals surface area contributed by atoms with Crippen molar-refractivity contribution in [3.63, 3.8) is 0 Å². The maximum absolute atomic E-state index is 12.7. The number of fused-ring (bicyclic) bond motifs is 5. The number of halogens is 1. The Labute approximate surface area is 160 Å². The van der Waals surface area contributed by atoms with Gasteiger partial charge in [0.25, 0.3) is 11.8 Å². The van der Waals surface area contributed by atoms with Gasteiger partial charge in [-0.3, -0.25) is 9.59 Å². The van der Waals surface area contributed by atoms with Crippen LogP contribution in [0.3, 0.4) is 0 Å². The number of carbonyl (C=O) groups is 2. The normalized spacial score (nSPS) is 29.1. The van der Waals surface area contributed by atoms with Crippen molar-refractivity contribution in [2.75, 3.05) is 13.7 Å². The van der Waals surface area contributed by atoms with Crippen molar-refractivity contribution >= 4 is 34.0 Å². The van der Waals surface area contributed by atoms with E-state index in [1.165, 1.54) is 6.21 Å². The first-order valence-corrected chi connectivity index (χ1v) is 9.45. The highest BCUT2D eigenvalue weighted by Gasteiger charge is 2.59. The summed E-state index contributed by atoms with van der Waals surface area (Å²) in [6.07, 6.45) is 6.53. The van der Waals surface area contributed by atoms with Crippen molar-refractivity contribution in [3.8, 4) is 11.5 Å². The number of ether oxygens (including phenoxy) is 2. The number of hydrogen-bond acceptors (Lipinski definition) is 5. The third-order valence-corrected chi connectivity index (χ3v) is 5.77. The van der Waals surface area contributed by atoms with Crippen LogP contribution in [-0.4, -0.2) is 36.8 Å². The Kier molecular flexibility index (Phi) is 4.34. The molecule has 2 aliphatic carbocycles. The van der Waals surface area contributed by atoms with Crippen LogP contribution < -0.4 is 9.47 Å². The zero-order valence-corrected chi connectivity index (χ0v) is 16.1. The highest BCUT2D eigenvalue weighted by molar-refractivity contribution is 9.10. The minimum absolute atomic E-state index is 0.173. The molecule has 4 atom stereocenters. The van der Waals surface area contributed by atoms with Crippen LogP contribution >= 0.6 is 15.9 Å². The van der Waals surface area contributed by atoms with Crippen LogP contribution in [0.2, 0.25) is 0 Å². The maximum atomic E-state index is 12.7. The van der Waals surface area contributed by atoms with Gasteiger partial charge in [-0.2, -0.15) is 10.1 Å². The Morgan fingerprint density at radius 3 is 2.46 bits per heavy atom. The fourth-order valence-electron chi connectivity index (χ4n) is 4.26. The molecule has 3 aliphatic rings. The Hall–Kier alpha value is -2.15. The summed E-state index contributed by atoms with van der Waals surface area (Å²) in [5.74, 6) is 0.527. The van der Waals surface area contributed by atoms with Crippen molar-refractivity contribution in [2.45, 2.75) is 13.3 Å². The van der Waals surface area contributed by atoms with Crippen LogP contribution in [0.5, 0.6) is 11.5 Å². The van der Waals surface area contributed by atoms with E-state index in [1.807, 2.05) is 13.0 Å². The van der Waals surface area contributed by atoms with Crippen LogP contribution in [0.25, 0.3) is 0 Å². The molecular formula is C19H19BrN2O4. The number of amides is 2. The molecule has 1 aromatic carbocycles. The minimum Gasteiger partial charge on any atom is -0.493 e. The number of hydrazone groups is 1. The summed E-state index contributed by atoms with van der Waals surface area (Å²) in [5, 5.41) is 5.25. The summed E-state index contributed by atoms with van der Waals surface area (Å²) < 4.78 is 11.8. The van der Waals surface area contributed by atoms with Crippen LogP contribution in [0, 0.1) is 23.7 Å². The van der Waals surface area contributed by atoms with E-state index in [0.717, 1.165) is 15.9 Å². The first kappa shape index (κ1) is 17.3. The summed E-state index contributed by atoms with van der Waals surface area (Å²) in [6, 6.07) is 3.61. The number of allylic oxidation sites excluding steroid dienone is 2. The monoisotopic (exact) mass is 418 g/mol. The minimum atomic E-state index is -0.252. The Bertz CT molecular complexity index is 805. The Morgan fingerprint density at radius 2 is 1.88 bits per heavy atom. The van der Waals surface area contributed by atoms with E-state index >= 15 is 0 Å². The van der Waals surface area contributed by atoms with Gasteiger partial charge < -0.3 is 9.47 Å². The molecule has 1 saturated carbocycles. The predicted octanol–water partition coefficient (Wildman–Crippen LogP) is 3.00. The van der Waals surface area contributed by atoms with Crippen molar-refractivity contribution in [3.05, 3.63) is 34.3 Å². The summed E-state index contributed by atoms with van der Waals surface area (Å²) in [5.41, 5.74) is 0.636. The van der Waals surface area contributed by atoms with E-state index in [9.17, 15) is 9.59 Å². The summed E-state index contributed by atoms with van der Waals surface area (Å²) >= 11 is 3.43. The Balaban J connectivity index is 1.64. The predicted molar refractivity (Wildman–Crippen MR) is 99.0 cm³/mol. The fourth-order valence-corrected chi connectivity index (χ4v) is 4.71. The molecule has 6 nitrogen and oxygen atoms in total. The lowest BCUT2D eigenvalue weighted by Gasteiger charge is -2.14. The second kappa shape index (κ2) is 6.54. The van der Waals surface area contributed by atoms with E-state index in [4.69, 9.17) is 9.47 Å². The molecule has 2 amide bonds. The standard InChI is InChI=1S/C19H19BrN2O4/c1-3-26-17-12(7-13(20)8-14(17)25-2)9-21-22-18(23)15-10-4-5-11(6-10)16(15)19(22)24/h4-5,7-11,15-16H,3,6H2,1-2H3/t10-,11-,15-,16+/m0/s1. The van der Waals surface area contributed by atoms with E-state index in [-0.39, 0.29) is 35.5 Å². The van der Waals surface area contributed by atoms with Gasteiger partial charge in [0.2, 0.25) is 0 Å². The largest absolute Gasteiger partial charge is 0.493 e. The van der Waals surface area contributed by atoms with E-state index in [1.54, 1.807) is 13.2 Å². The van der Waals surface area contributed by atoms with E-state index in [2.05, 4.69) is 33.2 Å². The van der Waals surface area contributed by atoms with Gasteiger partial charge in [-0.1, -0.05) is 28.1 Å². The molecule has 7 heteroatoms. The molecule has 2 fully saturated rings. The molecule has 1 aromatic rings. The first-order chi connectivity index (χ1) is 12.5. The number of imide groups is 1. The fraction of sp³-hybridized carbons (Fsp3) is 0.421. The van der Waals surface area contributed by atoms with Crippen LogP contribution in [0.1, 0.15) is 18.9 Å². The van der Waals surface area contributed by atoms with Gasteiger partial charge >= 0.3 is 0 Å². The van der Waals surface area contributed by atoms with Gasteiger partial charge in [-0.25, -0.2) is 0 Å². The number of carbonyl (C=O) groups excluding carboxylic acids is 2. The molecule has 1 aliphatic heterocycles. The first-order valence-electron chi connectivity index (χ1n) is 8.65. The van der Waals surface area contributed by atoms with Crippen LogP contribution in [-0.2, 0) is 9.59 Å². The number of methoxy groups -OCH3 is 1. The zero-order chi connectivity index (χ0) is 18.4. The lowest BCUT2D eigenvalue weighted by molar-refractivity contribution is -0.140. The summed E-state index contributed by atoms with van der Waals surface area (Å²) in [7, 11) is 1.56. The highest BCUT2D eigenvalue weighted by Crippen LogP contribution is 2.52. The molecule has 26 heavy (non-hydrogen) atoms. The quantitative estimate of drug-likeness (QED) is 0.418. The number of benzene rings is 1. The molecule has 0 aromatic heterocycles. The molecule has 0 unspecified atom stereocenters. The molecule has 136 valence electrons. The third-order valence-electron chi connectivity index (χ3n) is 5.32. The molecule has 2 bridgehead atoms. The molecule has 1 saturated heterocycles. The van der Waals surface area contributed by atoms with Crippen molar-refractivity contribution in [1.82, 2.24) is 5.01 Å². The SMILES string of the molecule is CCOc1c(C=NN2C(=O)[C@@H]3[C@H](C2=O)[C@H]2C=C[C@H]3C2)cc(Br)cc1OC. The van der Waals surface area contributed by atoms with Crippen molar-refractivity contribution in [2.24, 2.45) is 28.8 Å². The molecule has 0 radical (unpaired) electrons. The van der Waals surface area contributed by atoms with Gasteiger partial charge in [0.1, 0.15) is 0 Å². The average molecular weight is 419 g/mol. The summed E-state index contributed by atoms with van der Waals surface area (Å²) in [4.78, 5) is 25.4. The Morgan fingerprint density at radius 1 is 1.23 bits per heavy atom. The third kappa shape index (κ3) is 2.57. The van der Waals surface area contributed by atoms with Gasteiger partial charge in [0.15, 0.2) is 11.5 Å². The van der Waals surface area contributed by atoms with Crippen molar-refractivity contribution in [1.29, 1.82) is 0 Å². The topological polar surface area (TPSA) is 68.2 Å². The maximum Gasteiger partial charge on any atom is 0.254 e. The number of nitrogens with zero attached hydrogens (tertiary/aromatic N) is 2. The highest BCUT2D eigenvalue weighted by atomic mass is 79.9. The van der Waals surface area contributed by atoms with Crippen molar-refractivity contribution < 1.29 is 19.1 Å². The second-order valence-corrected chi connectivity index (χ2v) is 7.61. The molecular weight excluding hydrogens is 400 g/mol. The van der Waals surface area contributed by atoms with Gasteiger partial charge in [0.05, 0.1) is 31.8 Å². The lowest BCUT2D eigenvalue weighted by Crippen LogP contribution is -2.28. The van der Waals surface area contributed by atoms with Crippen LogP contribution in [0.15, 0.2) is 33.9 Å². The average Bonchev–Trinajstić information content (AvgIpc) is 3.30. The number of rotatable bonds is 5.